The molecule has 4 heteroatoms. The van der Waals surface area contributed by atoms with Crippen molar-refractivity contribution in [3.63, 3.8) is 0 Å². The third-order valence-corrected chi connectivity index (χ3v) is 2.71. The van der Waals surface area contributed by atoms with Gasteiger partial charge in [-0.15, -0.1) is 0 Å². The first-order valence-corrected chi connectivity index (χ1v) is 6.26. The van der Waals surface area contributed by atoms with Gasteiger partial charge in [0.1, 0.15) is 5.75 Å². The molecule has 0 aliphatic rings. The summed E-state index contributed by atoms with van der Waals surface area (Å²) in [7, 11) is 5.52. The lowest BCUT2D eigenvalue weighted by molar-refractivity contribution is 0.396. The summed E-state index contributed by atoms with van der Waals surface area (Å²) in [4.78, 5) is 6.36. The molecular formula is C14H23N3O. The van der Waals surface area contributed by atoms with Crippen molar-refractivity contribution in [1.82, 2.24) is 10.2 Å². The van der Waals surface area contributed by atoms with Gasteiger partial charge in [0.25, 0.3) is 0 Å². The van der Waals surface area contributed by atoms with Gasteiger partial charge in [0, 0.05) is 32.7 Å². The zero-order valence-electron chi connectivity index (χ0n) is 11.7. The molecule has 0 aromatic heterocycles. The molecule has 1 aromatic rings. The molecule has 1 rings (SSSR count). The van der Waals surface area contributed by atoms with Gasteiger partial charge in [-0.1, -0.05) is 25.1 Å². The second-order valence-corrected chi connectivity index (χ2v) is 4.14. The molecule has 0 spiro atoms. The molecule has 1 aromatic carbocycles. The van der Waals surface area contributed by atoms with Crippen molar-refractivity contribution in [3.05, 3.63) is 29.8 Å². The van der Waals surface area contributed by atoms with E-state index in [1.807, 2.05) is 25.2 Å². The Morgan fingerprint density at radius 1 is 1.39 bits per heavy atom. The highest BCUT2D eigenvalue weighted by molar-refractivity contribution is 5.79. The second-order valence-electron chi connectivity index (χ2n) is 4.14. The lowest BCUT2D eigenvalue weighted by Crippen LogP contribution is -2.38. The molecule has 0 amide bonds. The van der Waals surface area contributed by atoms with E-state index >= 15 is 0 Å². The van der Waals surface area contributed by atoms with Crippen molar-refractivity contribution in [2.75, 3.05) is 27.7 Å². The first kappa shape index (κ1) is 14.4. The van der Waals surface area contributed by atoms with Crippen LogP contribution in [0.3, 0.4) is 0 Å². The quantitative estimate of drug-likeness (QED) is 0.641. The maximum Gasteiger partial charge on any atom is 0.193 e. The number of nitrogens with zero attached hydrogens (tertiary/aromatic N) is 2. The second kappa shape index (κ2) is 7.58. The first-order valence-electron chi connectivity index (χ1n) is 6.26. The van der Waals surface area contributed by atoms with Crippen LogP contribution in [0.4, 0.5) is 0 Å². The zero-order valence-corrected chi connectivity index (χ0v) is 11.7. The molecule has 0 atom stereocenters. The van der Waals surface area contributed by atoms with E-state index < -0.39 is 0 Å². The van der Waals surface area contributed by atoms with Crippen LogP contribution >= 0.6 is 0 Å². The predicted molar refractivity (Wildman–Crippen MR) is 76.1 cm³/mol. The maximum absolute atomic E-state index is 5.35. The summed E-state index contributed by atoms with van der Waals surface area (Å²) in [5.41, 5.74) is 1.15. The number of guanidine groups is 1. The number of methoxy groups -OCH3 is 1. The molecule has 0 heterocycles. The van der Waals surface area contributed by atoms with Gasteiger partial charge in [0.05, 0.1) is 7.11 Å². The number of para-hydroxylation sites is 1. The van der Waals surface area contributed by atoms with Crippen LogP contribution in [-0.4, -0.2) is 38.6 Å². The number of ether oxygens (including phenoxy) is 1. The number of benzene rings is 1. The Morgan fingerprint density at radius 3 is 2.72 bits per heavy atom. The summed E-state index contributed by atoms with van der Waals surface area (Å²) in [5, 5.41) is 3.31. The fourth-order valence-electron chi connectivity index (χ4n) is 1.79. The van der Waals surface area contributed by atoms with Crippen LogP contribution in [0.15, 0.2) is 29.3 Å². The van der Waals surface area contributed by atoms with Gasteiger partial charge in [-0.25, -0.2) is 0 Å². The third-order valence-electron chi connectivity index (χ3n) is 2.71. The summed E-state index contributed by atoms with van der Waals surface area (Å²) in [6.07, 6.45) is 1.08. The summed E-state index contributed by atoms with van der Waals surface area (Å²) in [5.74, 6) is 1.82. The molecule has 100 valence electrons. The average Bonchev–Trinajstić information content (AvgIpc) is 2.40. The van der Waals surface area contributed by atoms with Crippen LogP contribution in [0.2, 0.25) is 0 Å². The van der Waals surface area contributed by atoms with Crippen molar-refractivity contribution in [2.24, 2.45) is 4.99 Å². The van der Waals surface area contributed by atoms with E-state index in [4.69, 9.17) is 4.74 Å². The normalized spacial score (nSPS) is 11.2. The molecule has 0 aliphatic carbocycles. The highest BCUT2D eigenvalue weighted by Gasteiger charge is 2.08. The van der Waals surface area contributed by atoms with E-state index in [1.54, 1.807) is 14.2 Å². The minimum absolute atomic E-state index is 0.771. The van der Waals surface area contributed by atoms with Crippen LogP contribution in [0, 0.1) is 0 Å². The van der Waals surface area contributed by atoms with Crippen molar-refractivity contribution in [1.29, 1.82) is 0 Å². The van der Waals surface area contributed by atoms with Crippen molar-refractivity contribution in [3.8, 4) is 5.75 Å². The predicted octanol–water partition coefficient (Wildman–Crippen LogP) is 2.11. The maximum atomic E-state index is 5.35. The minimum atomic E-state index is 0.771. The van der Waals surface area contributed by atoms with Crippen molar-refractivity contribution < 1.29 is 4.74 Å². The Bertz CT molecular complexity index is 390. The molecular weight excluding hydrogens is 226 g/mol. The van der Waals surface area contributed by atoms with Gasteiger partial charge >= 0.3 is 0 Å². The summed E-state index contributed by atoms with van der Waals surface area (Å²) >= 11 is 0. The molecule has 1 N–H and O–H groups in total. The smallest absolute Gasteiger partial charge is 0.193 e. The molecule has 4 nitrogen and oxygen atoms in total. The van der Waals surface area contributed by atoms with Gasteiger partial charge in [0.15, 0.2) is 5.96 Å². The fraction of sp³-hybridized carbons (Fsp3) is 0.500. The Balaban J connectivity index is 2.70. The molecule has 0 aliphatic heterocycles. The molecule has 0 saturated heterocycles. The highest BCUT2D eigenvalue weighted by atomic mass is 16.5. The lowest BCUT2D eigenvalue weighted by Gasteiger charge is -2.22. The molecule has 0 bridgehead atoms. The molecule has 0 fully saturated rings. The highest BCUT2D eigenvalue weighted by Crippen LogP contribution is 2.18. The van der Waals surface area contributed by atoms with E-state index in [0.29, 0.717) is 0 Å². The SMILES string of the molecule is CCCNC(=NC)N(C)Cc1ccccc1OC. The standard InChI is InChI=1S/C14H23N3O/c1-5-10-16-14(15-2)17(3)11-12-8-6-7-9-13(12)18-4/h6-9H,5,10-11H2,1-4H3,(H,15,16). The minimum Gasteiger partial charge on any atom is -0.496 e. The van der Waals surface area contributed by atoms with E-state index in [0.717, 1.165) is 36.8 Å². The third kappa shape index (κ3) is 3.95. The van der Waals surface area contributed by atoms with Gasteiger partial charge in [-0.2, -0.15) is 0 Å². The Labute approximate surface area is 110 Å². The lowest BCUT2D eigenvalue weighted by atomic mass is 10.2. The zero-order chi connectivity index (χ0) is 13.4. The van der Waals surface area contributed by atoms with Gasteiger partial charge < -0.3 is 15.0 Å². The van der Waals surface area contributed by atoms with Crippen LogP contribution < -0.4 is 10.1 Å². The Kier molecular flexibility index (Phi) is 6.05. The number of hydrogen-bond donors (Lipinski definition) is 1. The summed E-state index contributed by atoms with van der Waals surface area (Å²) < 4.78 is 5.35. The van der Waals surface area contributed by atoms with Crippen LogP contribution in [0.1, 0.15) is 18.9 Å². The largest absolute Gasteiger partial charge is 0.496 e. The molecule has 18 heavy (non-hydrogen) atoms. The first-order chi connectivity index (χ1) is 8.72. The van der Waals surface area contributed by atoms with Gasteiger partial charge in [-0.3, -0.25) is 4.99 Å². The van der Waals surface area contributed by atoms with Crippen LogP contribution in [0.5, 0.6) is 5.75 Å². The number of nitrogens with one attached hydrogen (secondary N) is 1. The van der Waals surface area contributed by atoms with Crippen LogP contribution in [-0.2, 0) is 6.54 Å². The summed E-state index contributed by atoms with van der Waals surface area (Å²) in [6, 6.07) is 8.05. The van der Waals surface area contributed by atoms with E-state index in [1.165, 1.54) is 0 Å². The van der Waals surface area contributed by atoms with Crippen molar-refractivity contribution in [2.45, 2.75) is 19.9 Å². The fourth-order valence-corrected chi connectivity index (χ4v) is 1.79. The number of rotatable bonds is 5. The topological polar surface area (TPSA) is 36.9 Å². The van der Waals surface area contributed by atoms with Crippen molar-refractivity contribution >= 4 is 5.96 Å². The number of aliphatic imine (C=N–C) groups is 1. The Morgan fingerprint density at radius 2 is 2.11 bits per heavy atom. The monoisotopic (exact) mass is 249 g/mol. The summed E-state index contributed by atoms with van der Waals surface area (Å²) in [6.45, 7) is 3.84. The number of hydrogen-bond acceptors (Lipinski definition) is 2. The van der Waals surface area contributed by atoms with E-state index in [9.17, 15) is 0 Å². The van der Waals surface area contributed by atoms with Crippen LogP contribution in [0.25, 0.3) is 0 Å². The molecule has 0 radical (unpaired) electrons. The molecule has 0 saturated carbocycles. The van der Waals surface area contributed by atoms with E-state index in [2.05, 4.69) is 28.2 Å². The van der Waals surface area contributed by atoms with E-state index in [-0.39, 0.29) is 0 Å². The Hall–Kier alpha value is -1.71. The average molecular weight is 249 g/mol. The van der Waals surface area contributed by atoms with Gasteiger partial charge in [-0.05, 0) is 12.5 Å². The molecule has 0 unspecified atom stereocenters. The van der Waals surface area contributed by atoms with Gasteiger partial charge in [0.2, 0.25) is 0 Å².